The second-order valence-corrected chi connectivity index (χ2v) is 4.86. The van der Waals surface area contributed by atoms with Crippen LogP contribution in [0.25, 0.3) is 0 Å². The highest BCUT2D eigenvalue weighted by Gasteiger charge is 2.28. The van der Waals surface area contributed by atoms with Gasteiger partial charge in [-0.3, -0.25) is 9.48 Å². The number of carbonyl (C=O) groups is 1. The molecule has 6 nitrogen and oxygen atoms in total. The van der Waals surface area contributed by atoms with E-state index in [-0.39, 0.29) is 11.8 Å². The van der Waals surface area contributed by atoms with Crippen molar-refractivity contribution in [3.05, 3.63) is 41.6 Å². The van der Waals surface area contributed by atoms with Crippen LogP contribution >= 0.6 is 0 Å². The van der Waals surface area contributed by atoms with Gasteiger partial charge in [-0.2, -0.15) is 10.4 Å². The highest BCUT2D eigenvalue weighted by molar-refractivity contribution is 5.96. The summed E-state index contributed by atoms with van der Waals surface area (Å²) in [5.74, 6) is 0.739. The highest BCUT2D eigenvalue weighted by atomic mass is 16.5. The van der Waals surface area contributed by atoms with E-state index in [0.29, 0.717) is 24.4 Å². The minimum absolute atomic E-state index is 0.147. The summed E-state index contributed by atoms with van der Waals surface area (Å²) in [5.41, 5.74) is 1.23. The van der Waals surface area contributed by atoms with Gasteiger partial charge in [0, 0.05) is 12.6 Å². The molecule has 0 bridgehead atoms. The van der Waals surface area contributed by atoms with Gasteiger partial charge in [0.25, 0.3) is 0 Å². The van der Waals surface area contributed by atoms with Crippen molar-refractivity contribution in [2.24, 2.45) is 7.05 Å². The standard InChI is InChI=1S/C15H14N4O2/c1-19-14(10(8-16)9-17-19)18-15(20)12-6-7-21-13-5-3-2-4-11(12)13/h2-5,9,12H,6-7H2,1H3,(H,18,20). The first-order valence-electron chi connectivity index (χ1n) is 6.65. The number of rotatable bonds is 2. The number of amides is 1. The van der Waals surface area contributed by atoms with Gasteiger partial charge >= 0.3 is 0 Å². The third-order valence-electron chi connectivity index (χ3n) is 3.58. The number of hydrogen-bond acceptors (Lipinski definition) is 4. The first-order chi connectivity index (χ1) is 10.2. The molecule has 1 N–H and O–H groups in total. The maximum absolute atomic E-state index is 12.5. The van der Waals surface area contributed by atoms with Gasteiger partial charge in [-0.1, -0.05) is 18.2 Å². The predicted molar refractivity (Wildman–Crippen MR) is 75.8 cm³/mol. The van der Waals surface area contributed by atoms with E-state index in [0.717, 1.165) is 11.3 Å². The van der Waals surface area contributed by atoms with Crippen LogP contribution in [-0.4, -0.2) is 22.3 Å². The Balaban J connectivity index is 1.87. The molecule has 1 atom stereocenters. The lowest BCUT2D eigenvalue weighted by molar-refractivity contribution is -0.118. The van der Waals surface area contributed by atoms with Crippen molar-refractivity contribution in [1.82, 2.24) is 9.78 Å². The number of benzene rings is 1. The Morgan fingerprint density at radius 2 is 2.33 bits per heavy atom. The maximum atomic E-state index is 12.5. The molecular weight excluding hydrogens is 268 g/mol. The Morgan fingerprint density at radius 3 is 3.14 bits per heavy atom. The second kappa shape index (κ2) is 5.29. The van der Waals surface area contributed by atoms with Crippen LogP contribution in [0.5, 0.6) is 5.75 Å². The van der Waals surface area contributed by atoms with Crippen molar-refractivity contribution in [2.45, 2.75) is 12.3 Å². The van der Waals surface area contributed by atoms with Crippen LogP contribution in [0.1, 0.15) is 23.5 Å². The van der Waals surface area contributed by atoms with Gasteiger partial charge in [-0.25, -0.2) is 0 Å². The fourth-order valence-electron chi connectivity index (χ4n) is 2.49. The minimum Gasteiger partial charge on any atom is -0.493 e. The van der Waals surface area contributed by atoms with Crippen LogP contribution in [-0.2, 0) is 11.8 Å². The topological polar surface area (TPSA) is 79.9 Å². The quantitative estimate of drug-likeness (QED) is 0.910. The fraction of sp³-hybridized carbons (Fsp3) is 0.267. The molecule has 1 aromatic carbocycles. The first kappa shape index (κ1) is 13.2. The molecule has 0 saturated heterocycles. The zero-order valence-corrected chi connectivity index (χ0v) is 11.5. The van der Waals surface area contributed by atoms with Crippen molar-refractivity contribution >= 4 is 11.7 Å². The predicted octanol–water partition coefficient (Wildman–Crippen LogP) is 1.80. The molecule has 6 heteroatoms. The third kappa shape index (κ3) is 2.34. The molecule has 2 heterocycles. The molecule has 21 heavy (non-hydrogen) atoms. The summed E-state index contributed by atoms with van der Waals surface area (Å²) in [4.78, 5) is 12.5. The molecule has 0 fully saturated rings. The molecule has 1 unspecified atom stereocenters. The van der Waals surface area contributed by atoms with Crippen LogP contribution in [0.4, 0.5) is 5.82 Å². The van der Waals surface area contributed by atoms with Crippen LogP contribution < -0.4 is 10.1 Å². The van der Waals surface area contributed by atoms with Crippen LogP contribution in [0.3, 0.4) is 0 Å². The maximum Gasteiger partial charge on any atom is 0.233 e. The Labute approximate surface area is 121 Å². The average molecular weight is 282 g/mol. The molecule has 0 aliphatic carbocycles. The summed E-state index contributed by atoms with van der Waals surface area (Å²) in [6.45, 7) is 0.506. The zero-order valence-electron chi connectivity index (χ0n) is 11.5. The monoisotopic (exact) mass is 282 g/mol. The number of hydrogen-bond donors (Lipinski definition) is 1. The van der Waals surface area contributed by atoms with Gasteiger partial charge in [-0.05, 0) is 12.5 Å². The molecule has 0 spiro atoms. The third-order valence-corrected chi connectivity index (χ3v) is 3.58. The average Bonchev–Trinajstić information content (AvgIpc) is 2.87. The highest BCUT2D eigenvalue weighted by Crippen LogP contribution is 2.34. The Hall–Kier alpha value is -2.81. The van der Waals surface area contributed by atoms with E-state index in [2.05, 4.69) is 10.4 Å². The fourth-order valence-corrected chi connectivity index (χ4v) is 2.49. The molecule has 1 aliphatic heterocycles. The summed E-state index contributed by atoms with van der Waals surface area (Å²) in [6.07, 6.45) is 2.05. The zero-order chi connectivity index (χ0) is 14.8. The van der Waals surface area contributed by atoms with E-state index in [1.54, 1.807) is 7.05 Å². The SMILES string of the molecule is Cn1ncc(C#N)c1NC(=O)C1CCOc2ccccc21. The van der Waals surface area contributed by atoms with Crippen molar-refractivity contribution in [3.63, 3.8) is 0 Å². The lowest BCUT2D eigenvalue weighted by Crippen LogP contribution is -2.27. The number of anilines is 1. The molecule has 0 saturated carbocycles. The molecule has 2 aromatic rings. The van der Waals surface area contributed by atoms with E-state index in [1.165, 1.54) is 10.9 Å². The van der Waals surface area contributed by atoms with Crippen molar-refractivity contribution in [3.8, 4) is 11.8 Å². The summed E-state index contributed by atoms with van der Waals surface area (Å²) in [6, 6.07) is 9.55. The normalized spacial score (nSPS) is 16.5. The number of nitriles is 1. The van der Waals surface area contributed by atoms with E-state index in [4.69, 9.17) is 10.00 Å². The molecule has 3 rings (SSSR count). The molecular formula is C15H14N4O2. The molecule has 1 amide bonds. The van der Waals surface area contributed by atoms with Gasteiger partial charge in [0.1, 0.15) is 23.2 Å². The van der Waals surface area contributed by atoms with Crippen molar-refractivity contribution < 1.29 is 9.53 Å². The second-order valence-electron chi connectivity index (χ2n) is 4.86. The number of nitrogens with zero attached hydrogens (tertiary/aromatic N) is 3. The van der Waals surface area contributed by atoms with Gasteiger partial charge in [0.05, 0.1) is 18.7 Å². The lowest BCUT2D eigenvalue weighted by atomic mass is 9.92. The number of ether oxygens (including phenoxy) is 1. The van der Waals surface area contributed by atoms with Gasteiger partial charge in [0.15, 0.2) is 0 Å². The van der Waals surface area contributed by atoms with Crippen LogP contribution in [0.2, 0.25) is 0 Å². The van der Waals surface area contributed by atoms with Gasteiger partial charge < -0.3 is 10.1 Å². The van der Waals surface area contributed by atoms with E-state index < -0.39 is 0 Å². The first-order valence-corrected chi connectivity index (χ1v) is 6.65. The summed E-state index contributed by atoms with van der Waals surface area (Å²) in [5, 5.41) is 15.8. The lowest BCUT2D eigenvalue weighted by Gasteiger charge is -2.25. The number of para-hydroxylation sites is 1. The number of nitrogens with one attached hydrogen (secondary N) is 1. The smallest absolute Gasteiger partial charge is 0.233 e. The molecule has 106 valence electrons. The number of carbonyl (C=O) groups excluding carboxylic acids is 1. The van der Waals surface area contributed by atoms with E-state index in [1.807, 2.05) is 30.3 Å². The Bertz CT molecular complexity index is 730. The largest absolute Gasteiger partial charge is 0.493 e. The van der Waals surface area contributed by atoms with Gasteiger partial charge in [-0.15, -0.1) is 0 Å². The van der Waals surface area contributed by atoms with Gasteiger partial charge in [0.2, 0.25) is 5.91 Å². The van der Waals surface area contributed by atoms with E-state index in [9.17, 15) is 4.79 Å². The summed E-state index contributed by atoms with van der Waals surface area (Å²) in [7, 11) is 1.69. The summed E-state index contributed by atoms with van der Waals surface area (Å²) >= 11 is 0. The number of fused-ring (bicyclic) bond motifs is 1. The molecule has 1 aromatic heterocycles. The molecule has 0 radical (unpaired) electrons. The van der Waals surface area contributed by atoms with E-state index >= 15 is 0 Å². The Morgan fingerprint density at radius 1 is 1.52 bits per heavy atom. The van der Waals surface area contributed by atoms with Crippen LogP contribution in [0.15, 0.2) is 30.5 Å². The summed E-state index contributed by atoms with van der Waals surface area (Å²) < 4.78 is 7.05. The van der Waals surface area contributed by atoms with Crippen molar-refractivity contribution in [2.75, 3.05) is 11.9 Å². The Kier molecular flexibility index (Phi) is 3.32. The van der Waals surface area contributed by atoms with Crippen molar-refractivity contribution in [1.29, 1.82) is 5.26 Å². The number of aromatic nitrogens is 2. The minimum atomic E-state index is -0.281. The molecule has 1 aliphatic rings. The number of aryl methyl sites for hydroxylation is 1. The van der Waals surface area contributed by atoms with Crippen LogP contribution in [0, 0.1) is 11.3 Å².